The first-order valence-electron chi connectivity index (χ1n) is 11.4. The molecule has 0 saturated heterocycles. The molecule has 2 heterocycles. The van der Waals surface area contributed by atoms with Crippen LogP contribution in [-0.4, -0.2) is 60.2 Å². The summed E-state index contributed by atoms with van der Waals surface area (Å²) < 4.78 is 18.1. The van der Waals surface area contributed by atoms with Crippen molar-refractivity contribution >= 4 is 29.9 Å². The van der Waals surface area contributed by atoms with Crippen molar-refractivity contribution in [1.82, 2.24) is 25.4 Å². The van der Waals surface area contributed by atoms with Crippen LogP contribution in [0.3, 0.4) is 0 Å². The van der Waals surface area contributed by atoms with Crippen LogP contribution in [-0.2, 0) is 46.9 Å². The molecule has 10 heteroatoms. The molecule has 1 aliphatic heterocycles. The van der Waals surface area contributed by atoms with E-state index in [1.807, 2.05) is 11.6 Å². The van der Waals surface area contributed by atoms with Gasteiger partial charge in [0.15, 0.2) is 11.8 Å². The van der Waals surface area contributed by atoms with Gasteiger partial charge in [0.25, 0.3) is 0 Å². The molecule has 0 fully saturated rings. The number of nitrogens with one attached hydrogen (secondary N) is 2. The van der Waals surface area contributed by atoms with Gasteiger partial charge in [-0.05, 0) is 31.4 Å². The maximum Gasteiger partial charge on any atom is 0.191 e. The molecule has 0 amide bonds. The highest BCUT2D eigenvalue weighted by molar-refractivity contribution is 14.0. The predicted molar refractivity (Wildman–Crippen MR) is 139 cm³/mol. The number of guanidine groups is 1. The summed E-state index contributed by atoms with van der Waals surface area (Å²) >= 11 is 0. The molecule has 1 aromatic carbocycles. The van der Waals surface area contributed by atoms with Crippen molar-refractivity contribution in [1.29, 1.82) is 0 Å². The SMILES string of the molecule is CCNC(=NCc1cccc(COCCOCC)c1)NC1CCc2nc(COC)nn2C1.I. The van der Waals surface area contributed by atoms with Crippen LogP contribution in [0, 0.1) is 0 Å². The van der Waals surface area contributed by atoms with E-state index in [0.29, 0.717) is 39.6 Å². The molecule has 0 radical (unpaired) electrons. The molecular formula is C23H37IN6O3. The van der Waals surface area contributed by atoms with E-state index in [0.717, 1.165) is 54.7 Å². The number of aromatic nitrogens is 3. The number of ether oxygens (including phenoxy) is 3. The minimum atomic E-state index is 0. The van der Waals surface area contributed by atoms with Crippen molar-refractivity contribution in [3.8, 4) is 0 Å². The average molecular weight is 572 g/mol. The van der Waals surface area contributed by atoms with Gasteiger partial charge in [0.2, 0.25) is 0 Å². The Labute approximate surface area is 213 Å². The van der Waals surface area contributed by atoms with Crippen LogP contribution in [0.25, 0.3) is 0 Å². The predicted octanol–water partition coefficient (Wildman–Crippen LogP) is 2.67. The molecule has 1 aromatic heterocycles. The van der Waals surface area contributed by atoms with Gasteiger partial charge in [0.1, 0.15) is 12.4 Å². The Bertz CT molecular complexity index is 860. The summed E-state index contributed by atoms with van der Waals surface area (Å²) in [5.74, 6) is 2.58. The number of rotatable bonds is 12. The standard InChI is InChI=1S/C23H36N6O3.HI/c1-4-24-23(26-20-9-10-22-27-21(17-30-3)28-29(22)15-20)25-14-18-7-6-8-19(13-18)16-32-12-11-31-5-2;/h6-8,13,20H,4-5,9-12,14-17H2,1-3H3,(H2,24,25,26);1H. The molecule has 3 rings (SSSR count). The third kappa shape index (κ3) is 9.19. The molecule has 0 aliphatic carbocycles. The maximum atomic E-state index is 5.68. The molecular weight excluding hydrogens is 535 g/mol. The van der Waals surface area contributed by atoms with Crippen molar-refractivity contribution in [2.24, 2.45) is 4.99 Å². The van der Waals surface area contributed by atoms with E-state index in [4.69, 9.17) is 19.2 Å². The lowest BCUT2D eigenvalue weighted by molar-refractivity contribution is 0.0453. The Balaban J connectivity index is 0.00000385. The van der Waals surface area contributed by atoms with E-state index < -0.39 is 0 Å². The van der Waals surface area contributed by atoms with Crippen molar-refractivity contribution < 1.29 is 14.2 Å². The molecule has 1 unspecified atom stereocenters. The summed E-state index contributed by atoms with van der Waals surface area (Å²) in [5, 5.41) is 11.5. The zero-order chi connectivity index (χ0) is 22.6. The maximum absolute atomic E-state index is 5.68. The van der Waals surface area contributed by atoms with E-state index in [9.17, 15) is 0 Å². The van der Waals surface area contributed by atoms with E-state index in [1.165, 1.54) is 0 Å². The highest BCUT2D eigenvalue weighted by atomic mass is 127. The normalized spacial score (nSPS) is 15.6. The van der Waals surface area contributed by atoms with Crippen molar-refractivity contribution in [2.75, 3.05) is 33.5 Å². The van der Waals surface area contributed by atoms with Gasteiger partial charge in [-0.2, -0.15) is 5.10 Å². The van der Waals surface area contributed by atoms with Crippen LogP contribution in [0.1, 0.15) is 43.0 Å². The fourth-order valence-corrected chi connectivity index (χ4v) is 3.62. The minimum Gasteiger partial charge on any atom is -0.379 e. The monoisotopic (exact) mass is 572 g/mol. The Hall–Kier alpha value is -1.76. The van der Waals surface area contributed by atoms with Crippen molar-refractivity contribution in [3.63, 3.8) is 0 Å². The Morgan fingerprint density at radius 2 is 2.00 bits per heavy atom. The Morgan fingerprint density at radius 1 is 1.18 bits per heavy atom. The molecule has 9 nitrogen and oxygen atoms in total. The number of nitrogens with zero attached hydrogens (tertiary/aromatic N) is 4. The minimum absolute atomic E-state index is 0. The highest BCUT2D eigenvalue weighted by Crippen LogP contribution is 2.14. The van der Waals surface area contributed by atoms with Gasteiger partial charge < -0.3 is 24.8 Å². The van der Waals surface area contributed by atoms with Crippen LogP contribution < -0.4 is 10.6 Å². The van der Waals surface area contributed by atoms with Crippen LogP contribution in [0.2, 0.25) is 0 Å². The van der Waals surface area contributed by atoms with Gasteiger partial charge in [-0.15, -0.1) is 24.0 Å². The number of benzene rings is 1. The van der Waals surface area contributed by atoms with Crippen molar-refractivity contribution in [2.45, 2.75) is 59.0 Å². The van der Waals surface area contributed by atoms with E-state index in [1.54, 1.807) is 7.11 Å². The van der Waals surface area contributed by atoms with Crippen LogP contribution in [0.15, 0.2) is 29.3 Å². The largest absolute Gasteiger partial charge is 0.379 e. The molecule has 1 aliphatic rings. The summed E-state index contributed by atoms with van der Waals surface area (Å²) in [6, 6.07) is 8.62. The number of aryl methyl sites for hydroxylation is 1. The van der Waals surface area contributed by atoms with Gasteiger partial charge in [-0.25, -0.2) is 14.7 Å². The molecule has 2 N–H and O–H groups in total. The van der Waals surface area contributed by atoms with Gasteiger partial charge in [0.05, 0.1) is 32.9 Å². The molecule has 184 valence electrons. The van der Waals surface area contributed by atoms with Crippen LogP contribution >= 0.6 is 24.0 Å². The lowest BCUT2D eigenvalue weighted by Gasteiger charge is -2.25. The van der Waals surface area contributed by atoms with Crippen LogP contribution in [0.4, 0.5) is 0 Å². The Kier molecular flexibility index (Phi) is 12.7. The summed E-state index contributed by atoms with van der Waals surface area (Å²) in [7, 11) is 1.66. The smallest absolute Gasteiger partial charge is 0.191 e. The van der Waals surface area contributed by atoms with E-state index in [-0.39, 0.29) is 30.0 Å². The number of fused-ring (bicyclic) bond motifs is 1. The van der Waals surface area contributed by atoms with Gasteiger partial charge in [-0.1, -0.05) is 24.3 Å². The summed E-state index contributed by atoms with van der Waals surface area (Å²) in [5.41, 5.74) is 2.30. The lowest BCUT2D eigenvalue weighted by atomic mass is 10.1. The number of hydrogen-bond acceptors (Lipinski definition) is 6. The molecule has 0 spiro atoms. The van der Waals surface area contributed by atoms with E-state index in [2.05, 4.69) is 51.9 Å². The highest BCUT2D eigenvalue weighted by Gasteiger charge is 2.22. The second kappa shape index (κ2) is 15.2. The van der Waals surface area contributed by atoms with Gasteiger partial charge in [0, 0.05) is 32.7 Å². The molecule has 0 bridgehead atoms. The first-order chi connectivity index (χ1) is 15.7. The molecule has 2 aromatic rings. The fraction of sp³-hybridized carbons (Fsp3) is 0.609. The van der Waals surface area contributed by atoms with E-state index >= 15 is 0 Å². The second-order valence-electron chi connectivity index (χ2n) is 7.70. The average Bonchev–Trinajstić information content (AvgIpc) is 3.20. The first kappa shape index (κ1) is 27.5. The summed E-state index contributed by atoms with van der Waals surface area (Å²) in [6.45, 7) is 9.20. The fourth-order valence-electron chi connectivity index (χ4n) is 3.62. The molecule has 0 saturated carbocycles. The quantitative estimate of drug-likeness (QED) is 0.175. The summed E-state index contributed by atoms with van der Waals surface area (Å²) in [6.07, 6.45) is 1.88. The van der Waals surface area contributed by atoms with Crippen molar-refractivity contribution in [3.05, 3.63) is 47.0 Å². The Morgan fingerprint density at radius 3 is 2.79 bits per heavy atom. The number of methoxy groups -OCH3 is 1. The topological polar surface area (TPSA) is 94.8 Å². The number of hydrogen-bond donors (Lipinski definition) is 2. The third-order valence-corrected chi connectivity index (χ3v) is 5.12. The lowest BCUT2D eigenvalue weighted by Crippen LogP contribution is -2.47. The molecule has 33 heavy (non-hydrogen) atoms. The number of halogens is 1. The van der Waals surface area contributed by atoms with Crippen LogP contribution in [0.5, 0.6) is 0 Å². The molecule has 1 atom stereocenters. The van der Waals surface area contributed by atoms with Gasteiger partial charge >= 0.3 is 0 Å². The third-order valence-electron chi connectivity index (χ3n) is 5.12. The zero-order valence-electron chi connectivity index (χ0n) is 19.9. The van der Waals surface area contributed by atoms with Gasteiger partial charge in [-0.3, -0.25) is 0 Å². The number of aliphatic imine (C=N–C) groups is 1. The first-order valence-corrected chi connectivity index (χ1v) is 11.4. The second-order valence-corrected chi connectivity index (χ2v) is 7.70. The zero-order valence-corrected chi connectivity index (χ0v) is 22.2. The summed E-state index contributed by atoms with van der Waals surface area (Å²) in [4.78, 5) is 9.35.